The Kier molecular flexibility index (Phi) is 6.30. The maximum atomic E-state index is 13.2. The van der Waals surface area contributed by atoms with Crippen molar-refractivity contribution >= 4 is 33.0 Å². The molecule has 5 rings (SSSR count). The Bertz CT molecular complexity index is 1470. The van der Waals surface area contributed by atoms with Gasteiger partial charge in [0.2, 0.25) is 5.91 Å². The standard InChI is InChI=1S/C28H29N3O4S/c1-18-7-8-19(2)23(13-18)16-36(34,35)17-26-27(32)30-25-14-21(9-10-24(25)29-26)28(33)31-12-11-20-5-3-4-6-22(20)15-31/h3-10,13-14,26,29H,11-12,15-17H2,1-2H3,(H,30,32)/t26-/m1/s1. The summed E-state index contributed by atoms with van der Waals surface area (Å²) < 4.78 is 25.9. The van der Waals surface area contributed by atoms with E-state index in [0.29, 0.717) is 30.0 Å². The number of carbonyl (C=O) groups is 2. The average Bonchev–Trinajstić information content (AvgIpc) is 2.85. The Morgan fingerprint density at radius 1 is 1.00 bits per heavy atom. The van der Waals surface area contributed by atoms with Crippen LogP contribution in [0.1, 0.15) is 38.2 Å². The molecular formula is C28H29N3O4S. The second kappa shape index (κ2) is 9.43. The van der Waals surface area contributed by atoms with E-state index in [9.17, 15) is 18.0 Å². The molecule has 1 atom stereocenters. The SMILES string of the molecule is Cc1ccc(C)c(CS(=O)(=O)C[C@H]2Nc3ccc(C(=O)N4CCc5ccccc5C4)cc3NC2=O)c1. The lowest BCUT2D eigenvalue weighted by Crippen LogP contribution is -2.44. The molecule has 3 aromatic rings. The fourth-order valence-electron chi connectivity index (χ4n) is 4.85. The van der Waals surface area contributed by atoms with Crippen LogP contribution in [-0.2, 0) is 33.4 Å². The number of fused-ring (bicyclic) bond motifs is 2. The zero-order valence-electron chi connectivity index (χ0n) is 20.4. The van der Waals surface area contributed by atoms with E-state index < -0.39 is 21.8 Å². The molecule has 2 amide bonds. The molecule has 0 saturated carbocycles. The van der Waals surface area contributed by atoms with Crippen LogP contribution < -0.4 is 10.6 Å². The number of hydrogen-bond acceptors (Lipinski definition) is 5. The molecule has 2 aliphatic heterocycles. The van der Waals surface area contributed by atoms with Crippen LogP contribution in [0.4, 0.5) is 11.4 Å². The lowest BCUT2D eigenvalue weighted by Gasteiger charge is -2.30. The monoisotopic (exact) mass is 503 g/mol. The number of benzene rings is 3. The highest BCUT2D eigenvalue weighted by Gasteiger charge is 2.31. The first kappa shape index (κ1) is 24.1. The summed E-state index contributed by atoms with van der Waals surface area (Å²) in [5.74, 6) is -0.964. The summed E-state index contributed by atoms with van der Waals surface area (Å²) in [6.45, 7) is 4.99. The van der Waals surface area contributed by atoms with Gasteiger partial charge in [0, 0.05) is 18.7 Å². The summed E-state index contributed by atoms with van der Waals surface area (Å²) in [5.41, 5.74) is 6.62. The zero-order chi connectivity index (χ0) is 25.4. The van der Waals surface area contributed by atoms with E-state index in [-0.39, 0.29) is 17.4 Å². The molecule has 0 unspecified atom stereocenters. The second-order valence-electron chi connectivity index (χ2n) is 9.68. The first-order valence-electron chi connectivity index (χ1n) is 12.0. The van der Waals surface area contributed by atoms with Gasteiger partial charge in [-0.1, -0.05) is 48.0 Å². The normalized spacial score (nSPS) is 17.0. The Hall–Kier alpha value is -3.65. The van der Waals surface area contributed by atoms with Gasteiger partial charge in [0.25, 0.3) is 5.91 Å². The van der Waals surface area contributed by atoms with Gasteiger partial charge in [-0.25, -0.2) is 8.42 Å². The van der Waals surface area contributed by atoms with E-state index in [1.807, 2.05) is 55.1 Å². The third-order valence-corrected chi connectivity index (χ3v) is 8.48. The molecule has 2 aliphatic rings. The highest BCUT2D eigenvalue weighted by molar-refractivity contribution is 7.90. The summed E-state index contributed by atoms with van der Waals surface area (Å²) in [6, 6.07) is 18.0. The number of hydrogen-bond donors (Lipinski definition) is 2. The van der Waals surface area contributed by atoms with Gasteiger partial charge >= 0.3 is 0 Å². The Balaban J connectivity index is 1.28. The lowest BCUT2D eigenvalue weighted by molar-refractivity contribution is -0.116. The number of anilines is 2. The number of sulfone groups is 1. The Morgan fingerprint density at radius 3 is 2.58 bits per heavy atom. The van der Waals surface area contributed by atoms with Gasteiger partial charge in [-0.05, 0) is 60.7 Å². The van der Waals surface area contributed by atoms with Gasteiger partial charge in [0.15, 0.2) is 9.84 Å². The van der Waals surface area contributed by atoms with Gasteiger partial charge in [-0.15, -0.1) is 0 Å². The number of nitrogens with one attached hydrogen (secondary N) is 2. The molecule has 0 spiro atoms. The van der Waals surface area contributed by atoms with Crippen molar-refractivity contribution in [2.75, 3.05) is 22.9 Å². The lowest BCUT2D eigenvalue weighted by atomic mass is 9.99. The summed E-state index contributed by atoms with van der Waals surface area (Å²) in [7, 11) is -3.55. The van der Waals surface area contributed by atoms with E-state index in [2.05, 4.69) is 16.7 Å². The van der Waals surface area contributed by atoms with Crippen LogP contribution in [0.3, 0.4) is 0 Å². The minimum Gasteiger partial charge on any atom is -0.371 e. The highest BCUT2D eigenvalue weighted by Crippen LogP contribution is 2.30. The second-order valence-corrected chi connectivity index (χ2v) is 11.8. The first-order chi connectivity index (χ1) is 17.2. The van der Waals surface area contributed by atoms with Crippen LogP contribution in [-0.4, -0.2) is 43.5 Å². The van der Waals surface area contributed by atoms with E-state index >= 15 is 0 Å². The smallest absolute Gasteiger partial charge is 0.254 e. The van der Waals surface area contributed by atoms with Crippen molar-refractivity contribution in [1.82, 2.24) is 4.90 Å². The molecule has 0 bridgehead atoms. The maximum Gasteiger partial charge on any atom is 0.254 e. The highest BCUT2D eigenvalue weighted by atomic mass is 32.2. The predicted molar refractivity (Wildman–Crippen MR) is 141 cm³/mol. The van der Waals surface area contributed by atoms with Crippen LogP contribution in [0.2, 0.25) is 0 Å². The third kappa shape index (κ3) is 4.99. The molecule has 8 heteroatoms. The number of rotatable bonds is 5. The number of carbonyl (C=O) groups excluding carboxylic acids is 2. The quantitative estimate of drug-likeness (QED) is 0.552. The van der Waals surface area contributed by atoms with E-state index in [1.54, 1.807) is 18.2 Å². The molecule has 36 heavy (non-hydrogen) atoms. The summed E-state index contributed by atoms with van der Waals surface area (Å²) in [5, 5.41) is 5.85. The molecule has 0 fully saturated rings. The van der Waals surface area contributed by atoms with Crippen molar-refractivity contribution in [1.29, 1.82) is 0 Å². The molecule has 7 nitrogen and oxygen atoms in total. The van der Waals surface area contributed by atoms with Crippen molar-refractivity contribution < 1.29 is 18.0 Å². The van der Waals surface area contributed by atoms with Crippen LogP contribution in [0.15, 0.2) is 60.7 Å². The zero-order valence-corrected chi connectivity index (χ0v) is 21.2. The van der Waals surface area contributed by atoms with Gasteiger partial charge in [-0.2, -0.15) is 0 Å². The van der Waals surface area contributed by atoms with Crippen molar-refractivity contribution in [3.8, 4) is 0 Å². The molecule has 2 N–H and O–H groups in total. The van der Waals surface area contributed by atoms with Crippen LogP contribution >= 0.6 is 0 Å². The number of amides is 2. The molecule has 0 aliphatic carbocycles. The van der Waals surface area contributed by atoms with Crippen molar-refractivity contribution in [3.05, 3.63) is 94.0 Å². The van der Waals surface area contributed by atoms with E-state index in [1.165, 1.54) is 5.56 Å². The van der Waals surface area contributed by atoms with Crippen LogP contribution in [0.25, 0.3) is 0 Å². The van der Waals surface area contributed by atoms with Crippen LogP contribution in [0, 0.1) is 13.8 Å². The topological polar surface area (TPSA) is 95.6 Å². The largest absolute Gasteiger partial charge is 0.371 e. The van der Waals surface area contributed by atoms with Gasteiger partial charge in [0.1, 0.15) is 6.04 Å². The third-order valence-electron chi connectivity index (χ3n) is 6.89. The van der Waals surface area contributed by atoms with Crippen molar-refractivity contribution in [2.24, 2.45) is 0 Å². The van der Waals surface area contributed by atoms with Crippen molar-refractivity contribution in [2.45, 2.75) is 38.6 Å². The van der Waals surface area contributed by atoms with E-state index in [0.717, 1.165) is 28.7 Å². The molecule has 186 valence electrons. The summed E-state index contributed by atoms with van der Waals surface area (Å²) in [4.78, 5) is 27.8. The molecule has 0 aromatic heterocycles. The molecule has 3 aromatic carbocycles. The minimum atomic E-state index is -3.55. The Labute approximate surface area is 211 Å². The van der Waals surface area contributed by atoms with Gasteiger partial charge in [-0.3, -0.25) is 9.59 Å². The van der Waals surface area contributed by atoms with E-state index in [4.69, 9.17) is 0 Å². The number of aryl methyl sites for hydroxylation is 2. The first-order valence-corrected chi connectivity index (χ1v) is 13.8. The average molecular weight is 504 g/mol. The maximum absolute atomic E-state index is 13.2. The summed E-state index contributed by atoms with van der Waals surface area (Å²) >= 11 is 0. The van der Waals surface area contributed by atoms with Crippen molar-refractivity contribution in [3.63, 3.8) is 0 Å². The fraction of sp³-hybridized carbons (Fsp3) is 0.286. The summed E-state index contributed by atoms with van der Waals surface area (Å²) in [6.07, 6.45) is 0.809. The Morgan fingerprint density at radius 2 is 1.78 bits per heavy atom. The van der Waals surface area contributed by atoms with Gasteiger partial charge in [0.05, 0.1) is 22.9 Å². The molecular weight excluding hydrogens is 474 g/mol. The molecule has 2 heterocycles. The molecule has 0 saturated heterocycles. The molecule has 0 radical (unpaired) electrons. The fourth-order valence-corrected chi connectivity index (χ4v) is 6.50. The van der Waals surface area contributed by atoms with Gasteiger partial charge < -0.3 is 15.5 Å². The predicted octanol–water partition coefficient (Wildman–Crippen LogP) is 3.85. The minimum absolute atomic E-state index is 0.0974. The van der Waals surface area contributed by atoms with Crippen LogP contribution in [0.5, 0.6) is 0 Å². The number of nitrogens with zero attached hydrogens (tertiary/aromatic N) is 1.